The SMILES string of the molecule is O=C(O)CNC1CCC(NCC(=O)O)CCC(NCC(=O)O)CC1. The van der Waals surface area contributed by atoms with E-state index in [0.29, 0.717) is 0 Å². The highest BCUT2D eigenvalue weighted by molar-refractivity contribution is 5.69. The molecule has 1 rings (SSSR count). The van der Waals surface area contributed by atoms with Crippen molar-refractivity contribution in [3.8, 4) is 0 Å². The van der Waals surface area contributed by atoms with E-state index in [1.54, 1.807) is 0 Å². The Labute approximate surface area is 140 Å². The molecular weight excluding hydrogens is 318 g/mol. The van der Waals surface area contributed by atoms with Gasteiger partial charge in [-0.3, -0.25) is 14.4 Å². The minimum atomic E-state index is -0.920. The van der Waals surface area contributed by atoms with Gasteiger partial charge in [0.2, 0.25) is 0 Å². The van der Waals surface area contributed by atoms with Gasteiger partial charge in [0, 0.05) is 18.1 Å². The van der Waals surface area contributed by atoms with E-state index in [4.69, 9.17) is 15.3 Å². The van der Waals surface area contributed by atoms with Crippen molar-refractivity contribution in [3.63, 3.8) is 0 Å². The second-order valence-corrected chi connectivity index (χ2v) is 6.15. The molecule has 0 bridgehead atoms. The van der Waals surface area contributed by atoms with Gasteiger partial charge in [0.05, 0.1) is 19.6 Å². The van der Waals surface area contributed by atoms with Crippen LogP contribution in [0, 0.1) is 0 Å². The van der Waals surface area contributed by atoms with E-state index in [1.165, 1.54) is 0 Å². The number of rotatable bonds is 9. The van der Waals surface area contributed by atoms with Gasteiger partial charge in [0.15, 0.2) is 0 Å². The van der Waals surface area contributed by atoms with Crippen LogP contribution in [0.15, 0.2) is 0 Å². The Balaban J connectivity index is 2.61. The summed E-state index contributed by atoms with van der Waals surface area (Å²) in [5, 5.41) is 35.4. The molecule has 0 heterocycles. The van der Waals surface area contributed by atoms with Gasteiger partial charge in [0.25, 0.3) is 0 Å². The van der Waals surface area contributed by atoms with Crippen LogP contribution in [0.3, 0.4) is 0 Å². The molecule has 6 N–H and O–H groups in total. The molecule has 9 heteroatoms. The fraction of sp³-hybridized carbons (Fsp3) is 0.800. The van der Waals surface area contributed by atoms with Crippen molar-refractivity contribution < 1.29 is 29.7 Å². The number of carboxylic acids is 3. The van der Waals surface area contributed by atoms with Crippen LogP contribution >= 0.6 is 0 Å². The van der Waals surface area contributed by atoms with Gasteiger partial charge in [-0.05, 0) is 38.5 Å². The average molecular weight is 345 g/mol. The van der Waals surface area contributed by atoms with E-state index >= 15 is 0 Å². The summed E-state index contributed by atoms with van der Waals surface area (Å²) >= 11 is 0. The summed E-state index contributed by atoms with van der Waals surface area (Å²) in [5.41, 5.74) is 0. The Morgan fingerprint density at radius 2 is 0.792 bits per heavy atom. The second kappa shape index (κ2) is 11.0. The number of carbonyl (C=O) groups is 3. The topological polar surface area (TPSA) is 148 Å². The Bertz CT molecular complexity index is 358. The Hall–Kier alpha value is -1.71. The van der Waals surface area contributed by atoms with Crippen molar-refractivity contribution in [1.82, 2.24) is 16.0 Å². The first-order valence-corrected chi connectivity index (χ1v) is 8.22. The normalized spacial score (nSPS) is 25.2. The smallest absolute Gasteiger partial charge is 0.317 e. The molecule has 1 aliphatic rings. The summed E-state index contributed by atoms with van der Waals surface area (Å²) in [5.74, 6) is -2.76. The van der Waals surface area contributed by atoms with Crippen LogP contribution in [0.1, 0.15) is 38.5 Å². The minimum Gasteiger partial charge on any atom is -0.480 e. The summed E-state index contributed by atoms with van der Waals surface area (Å²) in [6.07, 6.45) is 4.48. The zero-order valence-electron chi connectivity index (χ0n) is 13.7. The molecule has 0 aromatic carbocycles. The number of hydrogen-bond donors (Lipinski definition) is 6. The third-order valence-corrected chi connectivity index (χ3v) is 4.22. The van der Waals surface area contributed by atoms with Crippen LogP contribution < -0.4 is 16.0 Å². The van der Waals surface area contributed by atoms with Crippen LogP contribution in [0.5, 0.6) is 0 Å². The average Bonchev–Trinajstić information content (AvgIpc) is 2.59. The maximum absolute atomic E-state index is 10.7. The lowest BCUT2D eigenvalue weighted by atomic mass is 10.0. The van der Waals surface area contributed by atoms with E-state index in [0.717, 1.165) is 38.5 Å². The van der Waals surface area contributed by atoms with Gasteiger partial charge < -0.3 is 31.3 Å². The molecule has 24 heavy (non-hydrogen) atoms. The van der Waals surface area contributed by atoms with Crippen LogP contribution in [0.2, 0.25) is 0 Å². The Kier molecular flexibility index (Phi) is 9.28. The zero-order chi connectivity index (χ0) is 17.9. The molecule has 0 aromatic heterocycles. The largest absolute Gasteiger partial charge is 0.480 e. The molecule has 138 valence electrons. The van der Waals surface area contributed by atoms with Gasteiger partial charge in [-0.25, -0.2) is 0 Å². The summed E-state index contributed by atoms with van der Waals surface area (Å²) in [6, 6.07) is 0.0485. The molecule has 0 aliphatic heterocycles. The third kappa shape index (κ3) is 9.43. The van der Waals surface area contributed by atoms with E-state index in [2.05, 4.69) is 16.0 Å². The highest BCUT2D eigenvalue weighted by atomic mass is 16.4. The lowest BCUT2D eigenvalue weighted by Gasteiger charge is -2.20. The van der Waals surface area contributed by atoms with Crippen molar-refractivity contribution in [3.05, 3.63) is 0 Å². The Morgan fingerprint density at radius 1 is 0.583 bits per heavy atom. The molecule has 0 saturated heterocycles. The molecule has 1 saturated carbocycles. The summed E-state index contributed by atoms with van der Waals surface area (Å²) < 4.78 is 0. The van der Waals surface area contributed by atoms with Crippen molar-refractivity contribution in [2.75, 3.05) is 19.6 Å². The second-order valence-electron chi connectivity index (χ2n) is 6.15. The predicted octanol–water partition coefficient (Wildman–Crippen LogP) is -0.531. The zero-order valence-corrected chi connectivity index (χ0v) is 13.7. The van der Waals surface area contributed by atoms with Crippen LogP contribution in [-0.2, 0) is 14.4 Å². The first-order valence-electron chi connectivity index (χ1n) is 8.22. The van der Waals surface area contributed by atoms with Crippen molar-refractivity contribution in [1.29, 1.82) is 0 Å². The molecule has 1 fully saturated rings. The van der Waals surface area contributed by atoms with E-state index in [-0.39, 0.29) is 37.8 Å². The summed E-state index contributed by atoms with van der Waals surface area (Å²) in [7, 11) is 0. The van der Waals surface area contributed by atoms with Crippen LogP contribution in [-0.4, -0.2) is 71.0 Å². The fourth-order valence-electron chi connectivity index (χ4n) is 2.95. The molecule has 0 radical (unpaired) electrons. The molecule has 0 spiro atoms. The van der Waals surface area contributed by atoms with Crippen molar-refractivity contribution in [2.45, 2.75) is 56.7 Å². The van der Waals surface area contributed by atoms with Crippen LogP contribution in [0.4, 0.5) is 0 Å². The van der Waals surface area contributed by atoms with Crippen molar-refractivity contribution >= 4 is 17.9 Å². The number of carboxylic acid groups (broad SMARTS) is 3. The standard InChI is InChI=1S/C15H27N3O6/c19-13(20)7-16-10-1-2-11(17-8-14(21)22)5-6-12(4-3-10)18-9-15(23)24/h10-12,16-18H,1-9H2,(H,19,20)(H,21,22)(H,23,24). The number of nitrogens with one attached hydrogen (secondary N) is 3. The third-order valence-electron chi connectivity index (χ3n) is 4.22. The van der Waals surface area contributed by atoms with Gasteiger partial charge in [-0.2, -0.15) is 0 Å². The van der Waals surface area contributed by atoms with Crippen molar-refractivity contribution in [2.24, 2.45) is 0 Å². The fourth-order valence-corrected chi connectivity index (χ4v) is 2.95. The van der Waals surface area contributed by atoms with Gasteiger partial charge in [-0.15, -0.1) is 0 Å². The Morgan fingerprint density at radius 3 is 0.958 bits per heavy atom. The molecule has 0 aromatic rings. The highest BCUT2D eigenvalue weighted by Gasteiger charge is 2.21. The van der Waals surface area contributed by atoms with Gasteiger partial charge in [-0.1, -0.05) is 0 Å². The number of hydrogen-bond acceptors (Lipinski definition) is 6. The van der Waals surface area contributed by atoms with E-state index in [9.17, 15) is 14.4 Å². The predicted molar refractivity (Wildman–Crippen MR) is 86.0 cm³/mol. The van der Waals surface area contributed by atoms with E-state index in [1.807, 2.05) is 0 Å². The quantitative estimate of drug-likeness (QED) is 0.324. The number of aliphatic carboxylic acids is 3. The lowest BCUT2D eigenvalue weighted by molar-refractivity contribution is -0.137. The van der Waals surface area contributed by atoms with Crippen LogP contribution in [0.25, 0.3) is 0 Å². The molecular formula is C15H27N3O6. The first-order chi connectivity index (χ1) is 11.4. The monoisotopic (exact) mass is 345 g/mol. The molecule has 0 unspecified atom stereocenters. The van der Waals surface area contributed by atoms with Gasteiger partial charge in [0.1, 0.15) is 0 Å². The maximum Gasteiger partial charge on any atom is 0.317 e. The first kappa shape index (κ1) is 20.3. The van der Waals surface area contributed by atoms with Gasteiger partial charge >= 0.3 is 17.9 Å². The highest BCUT2D eigenvalue weighted by Crippen LogP contribution is 2.18. The maximum atomic E-state index is 10.7. The lowest BCUT2D eigenvalue weighted by Crippen LogP contribution is -2.37. The molecule has 0 amide bonds. The minimum absolute atomic E-state index is 0.0162. The molecule has 1 aliphatic carbocycles. The molecule has 0 atom stereocenters. The molecule has 9 nitrogen and oxygen atoms in total. The van der Waals surface area contributed by atoms with E-state index < -0.39 is 17.9 Å². The summed E-state index contributed by atoms with van der Waals surface area (Å²) in [4.78, 5) is 32.2. The summed E-state index contributed by atoms with van der Waals surface area (Å²) in [6.45, 7) is -0.360.